The maximum atomic E-state index is 13.6. The Morgan fingerprint density at radius 3 is 2.80 bits per heavy atom. The number of halogens is 2. The number of hydrogen-bond donors (Lipinski definition) is 1. The van der Waals surface area contributed by atoms with Crippen LogP contribution in [0, 0.1) is 10.6 Å². The van der Waals surface area contributed by atoms with E-state index in [0.29, 0.717) is 15.3 Å². The predicted octanol–water partition coefficient (Wildman–Crippen LogP) is 6.13. The number of fused-ring (bicyclic) bond motifs is 1. The number of aromatic nitrogens is 2. The summed E-state index contributed by atoms with van der Waals surface area (Å²) >= 11 is 8.63. The van der Waals surface area contributed by atoms with E-state index in [1.807, 2.05) is 0 Å². The van der Waals surface area contributed by atoms with Gasteiger partial charge in [0.25, 0.3) is 0 Å². The molecule has 0 radical (unpaired) electrons. The van der Waals surface area contributed by atoms with Crippen LogP contribution in [0.2, 0.25) is 0 Å². The number of unbranched alkanes of at least 4 members (excludes halogenated alkanes) is 3. The number of aromatic amines is 1. The average molecular weight is 359 g/mol. The number of rotatable bonds is 6. The van der Waals surface area contributed by atoms with E-state index in [1.54, 1.807) is 6.07 Å². The van der Waals surface area contributed by atoms with Crippen molar-refractivity contribution in [3.63, 3.8) is 0 Å². The second-order valence-electron chi connectivity index (χ2n) is 5.28. The largest absolute Gasteiger partial charge is 0.330 e. The molecule has 2 aromatic rings. The average Bonchev–Trinajstić information content (AvgIpc) is 2.70. The quantitative estimate of drug-likeness (QED) is 0.486. The first-order valence-corrected chi connectivity index (χ1v) is 8.34. The first kappa shape index (κ1) is 15.7. The Bertz CT molecular complexity index is 647. The second-order valence-corrected chi connectivity index (χ2v) is 6.52. The summed E-state index contributed by atoms with van der Waals surface area (Å²) in [6.45, 7) is 4.39. The highest BCUT2D eigenvalue weighted by Gasteiger charge is 2.13. The summed E-state index contributed by atoms with van der Waals surface area (Å²) in [5.74, 6) is -0.267. The van der Waals surface area contributed by atoms with Crippen molar-refractivity contribution >= 4 is 39.2 Å². The lowest BCUT2D eigenvalue weighted by atomic mass is 10.1. The number of H-pyrrole nitrogens is 1. The number of nitrogens with zero attached hydrogens (tertiary/aromatic N) is 1. The second kappa shape index (κ2) is 6.85. The lowest BCUT2D eigenvalue weighted by Gasteiger charge is -2.14. The van der Waals surface area contributed by atoms with Crippen LogP contribution in [-0.4, -0.2) is 9.55 Å². The smallest absolute Gasteiger partial charge is 0.178 e. The van der Waals surface area contributed by atoms with E-state index in [4.69, 9.17) is 12.2 Å². The summed E-state index contributed by atoms with van der Waals surface area (Å²) in [4.78, 5) is 3.09. The Balaban J connectivity index is 2.26. The zero-order valence-electron chi connectivity index (χ0n) is 11.9. The van der Waals surface area contributed by atoms with Gasteiger partial charge in [-0.1, -0.05) is 32.6 Å². The number of imidazole rings is 1. The number of hydrogen-bond acceptors (Lipinski definition) is 1. The summed E-state index contributed by atoms with van der Waals surface area (Å²) in [7, 11) is 0. The fourth-order valence-corrected chi connectivity index (χ4v) is 3.27. The van der Waals surface area contributed by atoms with Crippen molar-refractivity contribution in [3.8, 4) is 0 Å². The van der Waals surface area contributed by atoms with E-state index in [0.717, 1.165) is 17.5 Å². The molecule has 1 atom stereocenters. The van der Waals surface area contributed by atoms with Crippen molar-refractivity contribution in [2.24, 2.45) is 0 Å². The first-order valence-electron chi connectivity index (χ1n) is 7.13. The van der Waals surface area contributed by atoms with Crippen LogP contribution in [0.15, 0.2) is 16.6 Å². The Morgan fingerprint density at radius 1 is 1.35 bits per heavy atom. The van der Waals surface area contributed by atoms with Crippen LogP contribution < -0.4 is 0 Å². The lowest BCUT2D eigenvalue weighted by molar-refractivity contribution is 0.478. The van der Waals surface area contributed by atoms with Crippen molar-refractivity contribution < 1.29 is 4.39 Å². The molecular weight excluding hydrogens is 339 g/mol. The molecule has 0 saturated heterocycles. The molecule has 1 heterocycles. The van der Waals surface area contributed by atoms with Gasteiger partial charge in [-0.25, -0.2) is 4.39 Å². The van der Waals surface area contributed by atoms with Gasteiger partial charge < -0.3 is 9.55 Å². The van der Waals surface area contributed by atoms with Crippen molar-refractivity contribution in [1.29, 1.82) is 0 Å². The summed E-state index contributed by atoms with van der Waals surface area (Å²) in [5.41, 5.74) is 1.72. The highest BCUT2D eigenvalue weighted by Crippen LogP contribution is 2.27. The molecule has 20 heavy (non-hydrogen) atoms. The van der Waals surface area contributed by atoms with Crippen molar-refractivity contribution in [2.45, 2.75) is 52.0 Å². The van der Waals surface area contributed by atoms with Gasteiger partial charge in [0.15, 0.2) is 4.77 Å². The summed E-state index contributed by atoms with van der Waals surface area (Å²) in [5, 5.41) is 0. The molecule has 2 rings (SSSR count). The SMILES string of the molecule is CCCCCCC(C)n1c(=S)[nH]c2cc(F)c(Br)cc21. The Kier molecular flexibility index (Phi) is 5.38. The zero-order valence-corrected chi connectivity index (χ0v) is 14.3. The predicted molar refractivity (Wildman–Crippen MR) is 88.3 cm³/mol. The van der Waals surface area contributed by atoms with Gasteiger partial charge in [0, 0.05) is 12.1 Å². The molecule has 0 spiro atoms. The number of benzene rings is 1. The fraction of sp³-hybridized carbons (Fsp3) is 0.533. The van der Waals surface area contributed by atoms with Crippen LogP contribution in [0.25, 0.3) is 11.0 Å². The lowest BCUT2D eigenvalue weighted by Crippen LogP contribution is -2.05. The topological polar surface area (TPSA) is 20.7 Å². The van der Waals surface area contributed by atoms with Crippen LogP contribution >= 0.6 is 28.1 Å². The molecule has 1 unspecified atom stereocenters. The molecule has 0 bridgehead atoms. The van der Waals surface area contributed by atoms with Crippen molar-refractivity contribution in [1.82, 2.24) is 9.55 Å². The maximum absolute atomic E-state index is 13.6. The van der Waals surface area contributed by atoms with Gasteiger partial charge in [-0.3, -0.25) is 0 Å². The Hall–Kier alpha value is -0.680. The van der Waals surface area contributed by atoms with E-state index in [-0.39, 0.29) is 5.82 Å². The molecule has 0 fully saturated rings. The van der Waals surface area contributed by atoms with E-state index < -0.39 is 0 Å². The highest BCUT2D eigenvalue weighted by atomic mass is 79.9. The molecule has 110 valence electrons. The zero-order chi connectivity index (χ0) is 14.7. The van der Waals surface area contributed by atoms with E-state index in [9.17, 15) is 4.39 Å². The molecule has 1 N–H and O–H groups in total. The highest BCUT2D eigenvalue weighted by molar-refractivity contribution is 9.10. The molecule has 1 aromatic carbocycles. The van der Waals surface area contributed by atoms with Crippen LogP contribution in [0.4, 0.5) is 4.39 Å². The van der Waals surface area contributed by atoms with E-state index in [2.05, 4.69) is 39.3 Å². The molecular formula is C15H20BrFN2S. The molecule has 0 saturated carbocycles. The van der Waals surface area contributed by atoms with Crippen LogP contribution in [-0.2, 0) is 0 Å². The van der Waals surface area contributed by atoms with Crippen molar-refractivity contribution in [3.05, 3.63) is 27.2 Å². The molecule has 2 nitrogen and oxygen atoms in total. The monoisotopic (exact) mass is 358 g/mol. The Labute approximate surface area is 132 Å². The van der Waals surface area contributed by atoms with Gasteiger partial charge in [-0.05, 0) is 47.6 Å². The van der Waals surface area contributed by atoms with Gasteiger partial charge in [0.05, 0.1) is 15.5 Å². The van der Waals surface area contributed by atoms with Crippen LogP contribution in [0.3, 0.4) is 0 Å². The third-order valence-electron chi connectivity index (χ3n) is 3.67. The summed E-state index contributed by atoms with van der Waals surface area (Å²) in [6.07, 6.45) is 6.08. The van der Waals surface area contributed by atoms with E-state index >= 15 is 0 Å². The molecule has 5 heteroatoms. The van der Waals surface area contributed by atoms with Gasteiger partial charge in [0.2, 0.25) is 0 Å². The minimum atomic E-state index is -0.267. The van der Waals surface area contributed by atoms with Gasteiger partial charge >= 0.3 is 0 Å². The molecule has 0 aliphatic carbocycles. The van der Waals surface area contributed by atoms with Crippen LogP contribution in [0.1, 0.15) is 52.0 Å². The third kappa shape index (κ3) is 3.31. The minimum absolute atomic E-state index is 0.267. The Morgan fingerprint density at radius 2 is 2.10 bits per heavy atom. The van der Waals surface area contributed by atoms with Gasteiger partial charge in [-0.2, -0.15) is 0 Å². The molecule has 0 amide bonds. The van der Waals surface area contributed by atoms with Gasteiger partial charge in [-0.15, -0.1) is 0 Å². The van der Waals surface area contributed by atoms with E-state index in [1.165, 1.54) is 31.7 Å². The van der Waals surface area contributed by atoms with Crippen molar-refractivity contribution in [2.75, 3.05) is 0 Å². The van der Waals surface area contributed by atoms with Gasteiger partial charge in [0.1, 0.15) is 5.82 Å². The fourth-order valence-electron chi connectivity index (χ4n) is 2.55. The standard InChI is InChI=1S/C15H20BrFN2S/c1-3-4-5-6-7-10(2)19-14-8-11(16)12(17)9-13(14)18-15(19)20/h8-10H,3-7H2,1-2H3,(H,18,20). The molecule has 0 aliphatic heterocycles. The first-order chi connectivity index (χ1) is 9.54. The molecule has 0 aliphatic rings. The maximum Gasteiger partial charge on any atom is 0.178 e. The minimum Gasteiger partial charge on any atom is -0.330 e. The number of nitrogens with one attached hydrogen (secondary N) is 1. The molecule has 1 aromatic heterocycles. The van der Waals surface area contributed by atoms with Crippen LogP contribution in [0.5, 0.6) is 0 Å². The normalized spacial score (nSPS) is 13.0. The summed E-state index contributed by atoms with van der Waals surface area (Å²) < 4.78 is 16.8. The summed E-state index contributed by atoms with van der Waals surface area (Å²) in [6, 6.07) is 3.63. The third-order valence-corrected chi connectivity index (χ3v) is 4.58.